The normalized spacial score (nSPS) is 15.5. The van der Waals surface area contributed by atoms with Crippen LogP contribution in [0, 0.1) is 0 Å². The van der Waals surface area contributed by atoms with Gasteiger partial charge >= 0.3 is 5.97 Å². The van der Waals surface area contributed by atoms with Crippen LogP contribution in [0.15, 0.2) is 0 Å². The van der Waals surface area contributed by atoms with Crippen LogP contribution in [-0.2, 0) is 31.8 Å². The predicted molar refractivity (Wildman–Crippen MR) is 116 cm³/mol. The van der Waals surface area contributed by atoms with E-state index in [9.17, 15) is 19.2 Å². The lowest BCUT2D eigenvalue weighted by Crippen LogP contribution is -2.26. The van der Waals surface area contributed by atoms with E-state index < -0.39 is 5.97 Å². The Morgan fingerprint density at radius 2 is 1.27 bits per heavy atom. The first-order chi connectivity index (χ1) is 15.7. The van der Waals surface area contributed by atoms with Gasteiger partial charge < -0.3 is 5.11 Å². The van der Waals surface area contributed by atoms with Crippen LogP contribution in [0.3, 0.4) is 0 Å². The first-order valence-corrected chi connectivity index (χ1v) is 10.9. The quantitative estimate of drug-likeness (QED) is 0.543. The summed E-state index contributed by atoms with van der Waals surface area (Å²) in [6.07, 6.45) is 5.82. The number of aromatic carboxylic acids is 1. The van der Waals surface area contributed by atoms with E-state index in [4.69, 9.17) is 9.94 Å². The Labute approximate surface area is 191 Å². The van der Waals surface area contributed by atoms with E-state index in [1.165, 1.54) is 23.5 Å². The third-order valence-electron chi connectivity index (χ3n) is 5.95. The molecule has 11 heteroatoms. The molecule has 0 bridgehead atoms. The fourth-order valence-electron chi connectivity index (χ4n) is 4.29. The largest absolute Gasteiger partial charge is 0.476 e. The molecule has 2 aromatic rings. The van der Waals surface area contributed by atoms with Crippen molar-refractivity contribution in [3.63, 3.8) is 0 Å². The van der Waals surface area contributed by atoms with Gasteiger partial charge in [-0.15, -0.1) is 0 Å². The van der Waals surface area contributed by atoms with Gasteiger partial charge in [0.25, 0.3) is 5.91 Å². The molecule has 0 spiro atoms. The molecule has 11 nitrogen and oxygen atoms in total. The van der Waals surface area contributed by atoms with Gasteiger partial charge in [0.2, 0.25) is 0 Å². The zero-order valence-corrected chi connectivity index (χ0v) is 19.4. The van der Waals surface area contributed by atoms with Gasteiger partial charge in [-0.2, -0.15) is 10.2 Å². The Kier molecular flexibility index (Phi) is 7.42. The summed E-state index contributed by atoms with van der Waals surface area (Å²) in [5, 5.41) is 18.1. The second-order valence-corrected chi connectivity index (χ2v) is 8.15. The van der Waals surface area contributed by atoms with Crippen LogP contribution < -0.4 is 0 Å². The lowest BCUT2D eigenvalue weighted by atomic mass is 10.1. The molecule has 0 unspecified atom stereocenters. The molecule has 4 rings (SSSR count). The van der Waals surface area contributed by atoms with Crippen molar-refractivity contribution in [2.45, 2.75) is 51.4 Å². The number of carboxylic acid groups (broad SMARTS) is 1. The molecule has 178 valence electrons. The smallest absolute Gasteiger partial charge is 0.356 e. The average Bonchev–Trinajstić information content (AvgIpc) is 3.11. The second kappa shape index (κ2) is 10.1. The summed E-state index contributed by atoms with van der Waals surface area (Å²) in [5.41, 5.74) is 2.77. The monoisotopic (exact) mass is 459 g/mol. The van der Waals surface area contributed by atoms with Gasteiger partial charge in [0, 0.05) is 45.1 Å². The molecule has 0 radical (unpaired) electrons. The van der Waals surface area contributed by atoms with Crippen LogP contribution in [0.1, 0.15) is 91.6 Å². The van der Waals surface area contributed by atoms with E-state index in [2.05, 4.69) is 10.2 Å². The van der Waals surface area contributed by atoms with Crippen molar-refractivity contribution in [1.29, 1.82) is 0 Å². The van der Waals surface area contributed by atoms with Gasteiger partial charge in [0.15, 0.2) is 23.0 Å². The maximum absolute atomic E-state index is 12.1. The van der Waals surface area contributed by atoms with Crippen LogP contribution in [0.2, 0.25) is 0 Å². The highest BCUT2D eigenvalue weighted by molar-refractivity contribution is 6.01. The van der Waals surface area contributed by atoms with E-state index in [1.807, 2.05) is 0 Å². The molecule has 0 saturated carbocycles. The Hall–Kier alpha value is -3.34. The summed E-state index contributed by atoms with van der Waals surface area (Å²) in [5.74, 6) is -1.30. The van der Waals surface area contributed by atoms with Crippen molar-refractivity contribution in [3.8, 4) is 0 Å². The molecule has 2 aliphatic carbocycles. The minimum atomic E-state index is -1.05. The van der Waals surface area contributed by atoms with Crippen LogP contribution in [0.25, 0.3) is 0 Å². The van der Waals surface area contributed by atoms with Gasteiger partial charge in [-0.3, -0.25) is 28.6 Å². The Balaban J connectivity index is 0.000000189. The van der Waals surface area contributed by atoms with Crippen LogP contribution in [0.5, 0.6) is 0 Å². The number of nitrogens with zero attached hydrogens (tertiary/aromatic N) is 5. The van der Waals surface area contributed by atoms with E-state index in [0.29, 0.717) is 48.3 Å². The van der Waals surface area contributed by atoms with Crippen molar-refractivity contribution in [2.24, 2.45) is 14.1 Å². The molecule has 2 aliphatic rings. The summed E-state index contributed by atoms with van der Waals surface area (Å²) in [6.45, 7) is 0. The van der Waals surface area contributed by atoms with Crippen molar-refractivity contribution in [2.75, 3.05) is 14.2 Å². The lowest BCUT2D eigenvalue weighted by molar-refractivity contribution is -0.0761. The van der Waals surface area contributed by atoms with E-state index in [1.54, 1.807) is 14.1 Å². The highest BCUT2D eigenvalue weighted by Gasteiger charge is 2.29. The molecule has 0 saturated heterocycles. The highest BCUT2D eigenvalue weighted by Crippen LogP contribution is 2.25. The van der Waals surface area contributed by atoms with Crippen molar-refractivity contribution in [3.05, 3.63) is 33.9 Å². The van der Waals surface area contributed by atoms with Crippen LogP contribution >= 0.6 is 0 Å². The summed E-state index contributed by atoms with van der Waals surface area (Å²) in [7, 11) is 6.27. The maximum atomic E-state index is 12.1. The topological polar surface area (TPSA) is 137 Å². The first-order valence-electron chi connectivity index (χ1n) is 10.9. The summed E-state index contributed by atoms with van der Waals surface area (Å²) in [4.78, 5) is 51.6. The van der Waals surface area contributed by atoms with Crippen LogP contribution in [0.4, 0.5) is 0 Å². The zero-order valence-electron chi connectivity index (χ0n) is 19.4. The molecular weight excluding hydrogens is 430 g/mol. The molecule has 2 heterocycles. The van der Waals surface area contributed by atoms with Crippen molar-refractivity contribution >= 4 is 23.4 Å². The molecule has 1 N–H and O–H groups in total. The Bertz CT molecular complexity index is 1100. The van der Waals surface area contributed by atoms with E-state index >= 15 is 0 Å². The summed E-state index contributed by atoms with van der Waals surface area (Å²) < 4.78 is 2.91. The number of fused-ring (bicyclic) bond motifs is 2. The molecule has 1 amide bonds. The molecular formula is C22H29N5O6. The number of hydrogen-bond donors (Lipinski definition) is 1. The van der Waals surface area contributed by atoms with Crippen LogP contribution in [-0.4, -0.2) is 67.3 Å². The highest BCUT2D eigenvalue weighted by atomic mass is 16.7. The fraction of sp³-hybridized carbons (Fsp3) is 0.545. The number of amides is 1. The van der Waals surface area contributed by atoms with Gasteiger partial charge in [-0.1, -0.05) is 0 Å². The third kappa shape index (κ3) is 4.87. The minimum Gasteiger partial charge on any atom is -0.476 e. The number of rotatable bonds is 3. The number of carbonyl (C=O) groups is 4. The number of Topliss-reactive ketones (excluding diaryl/α,β-unsaturated/α-hetero) is 2. The van der Waals surface area contributed by atoms with Crippen molar-refractivity contribution in [1.82, 2.24) is 24.6 Å². The molecule has 0 atom stereocenters. The number of aromatic nitrogens is 4. The SMILES string of the molecule is CON(C)C(=O)c1nn(C)c2c1CCCCC2=O.Cn1nc(C(=O)O)c2c1C(=O)CCCC2. The van der Waals surface area contributed by atoms with Gasteiger partial charge in [0.05, 0.1) is 7.11 Å². The van der Waals surface area contributed by atoms with Gasteiger partial charge in [-0.05, 0) is 38.5 Å². The molecule has 0 aliphatic heterocycles. The standard InChI is InChI=1S/C12H17N3O3.C10H12N2O3/c1-14-11-8(6-4-5-7-9(11)16)10(13-14)12(17)15(2)18-3;1-12-9-6(8(11-12)10(14)15)4-2-3-5-7(9)13/h4-7H2,1-3H3;2-5H2,1H3,(H,14,15). The predicted octanol–water partition coefficient (Wildman–Crippen LogP) is 1.99. The van der Waals surface area contributed by atoms with Gasteiger partial charge in [-0.25, -0.2) is 9.86 Å². The first kappa shape index (κ1) is 24.3. The molecule has 33 heavy (non-hydrogen) atoms. The second-order valence-electron chi connectivity index (χ2n) is 8.15. The molecule has 0 aromatic carbocycles. The van der Waals surface area contributed by atoms with E-state index in [0.717, 1.165) is 36.3 Å². The molecule has 0 fully saturated rings. The van der Waals surface area contributed by atoms with Crippen molar-refractivity contribution < 1.29 is 29.1 Å². The Morgan fingerprint density at radius 1 is 0.848 bits per heavy atom. The van der Waals surface area contributed by atoms with E-state index in [-0.39, 0.29) is 23.2 Å². The number of hydroxylamine groups is 2. The number of aryl methyl sites for hydroxylation is 2. The minimum absolute atomic E-state index is 0.00463. The number of hydrogen-bond acceptors (Lipinski definition) is 7. The number of carbonyl (C=O) groups excluding carboxylic acids is 3. The zero-order chi connectivity index (χ0) is 24.3. The number of ketones is 2. The maximum Gasteiger partial charge on any atom is 0.356 e. The average molecular weight is 460 g/mol. The molecule has 2 aromatic heterocycles. The number of carboxylic acids is 1. The summed E-state index contributed by atoms with van der Waals surface area (Å²) in [6, 6.07) is 0. The Morgan fingerprint density at radius 3 is 1.73 bits per heavy atom. The lowest BCUT2D eigenvalue weighted by Gasteiger charge is -2.12. The fourth-order valence-corrected chi connectivity index (χ4v) is 4.29. The van der Waals surface area contributed by atoms with Gasteiger partial charge in [0.1, 0.15) is 11.4 Å². The third-order valence-corrected chi connectivity index (χ3v) is 5.95. The summed E-state index contributed by atoms with van der Waals surface area (Å²) >= 11 is 0.